The molecule has 0 saturated heterocycles. The Morgan fingerprint density at radius 3 is 1.25 bits per heavy atom. The lowest BCUT2D eigenvalue weighted by Gasteiger charge is -2.28. The minimum absolute atomic E-state index is 0.0501. The summed E-state index contributed by atoms with van der Waals surface area (Å²) in [5.41, 5.74) is 1.34. The molecule has 0 amide bonds. The summed E-state index contributed by atoms with van der Waals surface area (Å²) in [6.45, 7) is 25.3. The van der Waals surface area contributed by atoms with Gasteiger partial charge in [0.2, 0.25) is 0 Å². The molecule has 0 spiro atoms. The van der Waals surface area contributed by atoms with Crippen LogP contribution in [0.2, 0.25) is 0 Å². The van der Waals surface area contributed by atoms with Gasteiger partial charge in [-0.1, -0.05) is 80.1 Å². The maximum absolute atomic E-state index is 14.9. The van der Waals surface area contributed by atoms with Gasteiger partial charge in [0.05, 0.1) is 36.6 Å². The molecule has 0 aromatic heterocycles. The van der Waals surface area contributed by atoms with Crippen LogP contribution in [0.5, 0.6) is 34.5 Å². The number of rotatable bonds is 28. The summed E-state index contributed by atoms with van der Waals surface area (Å²) in [5, 5.41) is 0. The third kappa shape index (κ3) is 15.1. The fraction of sp³-hybridized carbons (Fsp3) is 0.711. The van der Waals surface area contributed by atoms with Crippen LogP contribution in [-0.2, 0) is 6.42 Å². The van der Waals surface area contributed by atoms with Crippen LogP contribution in [0.3, 0.4) is 0 Å². The van der Waals surface area contributed by atoms with Gasteiger partial charge in [0.15, 0.2) is 28.8 Å². The number of ether oxygens (including phenoxy) is 6. The summed E-state index contributed by atoms with van der Waals surface area (Å²) < 4.78 is 39.4. The SMILES string of the molecule is CCCC(C)Oc1ccc(OC(C)CCC)c(CCC(=O)c2c(OC(C)CCC)c(OC(C)CCC)cc(OC(C)CCC)c2OC(C)CCC)c1. The van der Waals surface area contributed by atoms with Crippen LogP contribution < -0.4 is 28.4 Å². The van der Waals surface area contributed by atoms with E-state index in [4.69, 9.17) is 28.4 Å². The first kappa shape index (κ1) is 45.1. The van der Waals surface area contributed by atoms with Gasteiger partial charge in [-0.15, -0.1) is 0 Å². The number of ketones is 1. The smallest absolute Gasteiger partial charge is 0.176 e. The zero-order chi connectivity index (χ0) is 38.6. The third-order valence-corrected chi connectivity index (χ3v) is 9.23. The lowest BCUT2D eigenvalue weighted by molar-refractivity contribution is 0.0957. The van der Waals surface area contributed by atoms with E-state index in [1.165, 1.54) is 0 Å². The monoisotopic (exact) mass is 727 g/mol. The van der Waals surface area contributed by atoms with Crippen molar-refractivity contribution in [2.24, 2.45) is 0 Å². The van der Waals surface area contributed by atoms with Crippen molar-refractivity contribution in [1.29, 1.82) is 0 Å². The molecule has 2 aromatic rings. The van der Waals surface area contributed by atoms with Crippen molar-refractivity contribution < 1.29 is 33.2 Å². The average molecular weight is 727 g/mol. The maximum Gasteiger partial charge on any atom is 0.176 e. The maximum atomic E-state index is 14.9. The summed E-state index contributed by atoms with van der Waals surface area (Å²) in [5.74, 6) is 3.43. The van der Waals surface area contributed by atoms with Gasteiger partial charge in [0.1, 0.15) is 17.1 Å². The van der Waals surface area contributed by atoms with Crippen LogP contribution in [0.1, 0.15) is 182 Å². The summed E-state index contributed by atoms with van der Waals surface area (Å²) in [6.07, 6.45) is 11.6. The molecule has 0 aliphatic rings. The Hall–Kier alpha value is -3.09. The second kappa shape index (κ2) is 24.3. The van der Waals surface area contributed by atoms with Crippen LogP contribution in [0, 0.1) is 0 Å². The first-order chi connectivity index (χ1) is 24.9. The van der Waals surface area contributed by atoms with E-state index in [-0.39, 0.29) is 48.8 Å². The number of hydrogen-bond acceptors (Lipinski definition) is 7. The zero-order valence-corrected chi connectivity index (χ0v) is 35.0. The second-order valence-corrected chi connectivity index (χ2v) is 14.9. The molecule has 0 heterocycles. The number of Topliss-reactive ketones (excluding diaryl/α,β-unsaturated/α-hetero) is 1. The van der Waals surface area contributed by atoms with Gasteiger partial charge in [-0.25, -0.2) is 0 Å². The van der Waals surface area contributed by atoms with Crippen molar-refractivity contribution in [3.8, 4) is 34.5 Å². The molecule has 0 radical (unpaired) electrons. The Bertz CT molecular complexity index is 1260. The summed E-state index contributed by atoms with van der Waals surface area (Å²) in [7, 11) is 0. The van der Waals surface area contributed by atoms with Crippen molar-refractivity contribution in [3.05, 3.63) is 35.4 Å². The minimum Gasteiger partial charge on any atom is -0.491 e. The zero-order valence-electron chi connectivity index (χ0n) is 35.0. The molecule has 52 heavy (non-hydrogen) atoms. The number of hydrogen-bond donors (Lipinski definition) is 0. The molecular formula is C45H74O7. The highest BCUT2D eigenvalue weighted by atomic mass is 16.5. The van der Waals surface area contributed by atoms with Crippen LogP contribution >= 0.6 is 0 Å². The van der Waals surface area contributed by atoms with E-state index in [0.29, 0.717) is 35.0 Å². The Labute approximate surface area is 317 Å². The fourth-order valence-electron chi connectivity index (χ4n) is 6.65. The molecule has 2 rings (SSSR count). The van der Waals surface area contributed by atoms with Gasteiger partial charge in [-0.2, -0.15) is 0 Å². The molecule has 7 nitrogen and oxygen atoms in total. The third-order valence-electron chi connectivity index (χ3n) is 9.23. The van der Waals surface area contributed by atoms with Gasteiger partial charge >= 0.3 is 0 Å². The quantitative estimate of drug-likeness (QED) is 0.0808. The molecule has 0 bridgehead atoms. The van der Waals surface area contributed by atoms with Crippen molar-refractivity contribution in [1.82, 2.24) is 0 Å². The molecule has 0 fully saturated rings. The highest BCUT2D eigenvalue weighted by molar-refractivity contribution is 6.03. The van der Waals surface area contributed by atoms with E-state index in [1.807, 2.05) is 24.3 Å². The van der Waals surface area contributed by atoms with Gasteiger partial charge in [-0.3, -0.25) is 4.79 Å². The van der Waals surface area contributed by atoms with Crippen LogP contribution in [0.25, 0.3) is 0 Å². The van der Waals surface area contributed by atoms with E-state index >= 15 is 0 Å². The fourth-order valence-corrected chi connectivity index (χ4v) is 6.65. The Morgan fingerprint density at radius 1 is 0.481 bits per heavy atom. The van der Waals surface area contributed by atoms with Crippen LogP contribution in [-0.4, -0.2) is 42.4 Å². The molecule has 0 aliphatic carbocycles. The van der Waals surface area contributed by atoms with E-state index < -0.39 is 0 Å². The standard InChI is InChI=1S/C45H74O7/c1-13-19-31(7)47-38-26-28-40(48-32(8)20-14-2)37(29-38)25-27-39(46)43-44(51-35(11)23-17-5)41(49-33(9)21-15-3)30-42(50-34(10)22-16-4)45(43)52-36(12)24-18-6/h26,28-36H,13-25,27H2,1-12H3. The van der Waals surface area contributed by atoms with Crippen LogP contribution in [0.4, 0.5) is 0 Å². The first-order valence-corrected chi connectivity index (χ1v) is 20.8. The Balaban J connectivity index is 2.79. The molecule has 0 saturated carbocycles. The highest BCUT2D eigenvalue weighted by Gasteiger charge is 2.31. The minimum atomic E-state index is -0.133. The van der Waals surface area contributed by atoms with Crippen molar-refractivity contribution in [2.45, 2.75) is 210 Å². The van der Waals surface area contributed by atoms with Crippen molar-refractivity contribution in [2.75, 3.05) is 0 Å². The molecule has 2 aromatic carbocycles. The molecule has 7 heteroatoms. The Morgan fingerprint density at radius 2 is 0.846 bits per heavy atom. The van der Waals surface area contributed by atoms with Gasteiger partial charge in [-0.05, 0) is 110 Å². The lowest BCUT2D eigenvalue weighted by atomic mass is 9.98. The predicted octanol–water partition coefficient (Wildman–Crippen LogP) is 12.9. The van der Waals surface area contributed by atoms with Gasteiger partial charge in [0, 0.05) is 12.5 Å². The summed E-state index contributed by atoms with van der Waals surface area (Å²) in [4.78, 5) is 14.9. The number of carbonyl (C=O) groups excluding carboxylic acids is 1. The van der Waals surface area contributed by atoms with E-state index in [9.17, 15) is 4.79 Å². The predicted molar refractivity (Wildman–Crippen MR) is 216 cm³/mol. The summed E-state index contributed by atoms with van der Waals surface area (Å²) in [6, 6.07) is 7.91. The van der Waals surface area contributed by atoms with Crippen molar-refractivity contribution in [3.63, 3.8) is 0 Å². The summed E-state index contributed by atoms with van der Waals surface area (Å²) >= 11 is 0. The molecule has 6 unspecified atom stereocenters. The van der Waals surface area contributed by atoms with E-state index in [0.717, 1.165) is 94.1 Å². The normalized spacial score (nSPS) is 14.8. The van der Waals surface area contributed by atoms with Gasteiger partial charge in [0.25, 0.3) is 0 Å². The number of benzene rings is 2. The molecule has 6 atom stereocenters. The molecule has 0 N–H and O–H groups in total. The van der Waals surface area contributed by atoms with Gasteiger partial charge < -0.3 is 28.4 Å². The topological polar surface area (TPSA) is 72.5 Å². The van der Waals surface area contributed by atoms with Crippen molar-refractivity contribution >= 4 is 5.78 Å². The van der Waals surface area contributed by atoms with E-state index in [1.54, 1.807) is 0 Å². The van der Waals surface area contributed by atoms with Crippen LogP contribution in [0.15, 0.2) is 24.3 Å². The number of aryl methyl sites for hydroxylation is 1. The first-order valence-electron chi connectivity index (χ1n) is 20.8. The Kier molecular flexibility index (Phi) is 21.0. The van der Waals surface area contributed by atoms with E-state index in [2.05, 4.69) is 83.1 Å². The molecular weight excluding hydrogens is 652 g/mol. The molecule has 0 aliphatic heterocycles. The molecule has 296 valence electrons. The largest absolute Gasteiger partial charge is 0.491 e. The highest BCUT2D eigenvalue weighted by Crippen LogP contribution is 2.48. The average Bonchev–Trinajstić information content (AvgIpc) is 3.07. The lowest BCUT2D eigenvalue weighted by Crippen LogP contribution is -2.22. The number of carbonyl (C=O) groups is 1. The second-order valence-electron chi connectivity index (χ2n) is 14.9.